The van der Waals surface area contributed by atoms with E-state index >= 15 is 0 Å². The molecule has 0 saturated carbocycles. The zero-order valence-electron chi connectivity index (χ0n) is 11.9. The first-order chi connectivity index (χ1) is 10.1. The van der Waals surface area contributed by atoms with E-state index in [1.54, 1.807) is 0 Å². The van der Waals surface area contributed by atoms with Crippen molar-refractivity contribution in [2.45, 2.75) is 20.3 Å². The monoisotopic (exact) mass is 278 g/mol. The molecule has 0 aliphatic rings. The number of nitrogens with zero attached hydrogens (tertiary/aromatic N) is 2. The summed E-state index contributed by atoms with van der Waals surface area (Å²) >= 11 is 0. The Labute approximate surface area is 124 Å². The average molecular weight is 278 g/mol. The normalized spacial score (nSPS) is 9.52. The van der Waals surface area contributed by atoms with Crippen molar-refractivity contribution in [3.8, 4) is 11.5 Å². The topological polar surface area (TPSA) is 27.2 Å². The first-order valence-electron chi connectivity index (χ1n) is 6.40. The Balaban J connectivity index is 2.19. The Kier molecular flexibility index (Phi) is 4.43. The lowest BCUT2D eigenvalue weighted by atomic mass is 10.0. The summed E-state index contributed by atoms with van der Waals surface area (Å²) in [4.78, 5) is 9.70. The Hall–Kier alpha value is -2.98. The highest BCUT2D eigenvalue weighted by atomic mass is 16.6. The van der Waals surface area contributed by atoms with E-state index in [4.69, 9.17) is 22.8 Å². The molecule has 0 fully saturated rings. The maximum atomic E-state index is 6.72. The van der Waals surface area contributed by atoms with E-state index in [-0.39, 0.29) is 0 Å². The summed E-state index contributed by atoms with van der Waals surface area (Å²) in [5.41, 5.74) is 4.16. The molecule has 0 heterocycles. The SMILES string of the molecule is [C-]#[N+]Oc1ccc(Cc2ccc(O[N+]#[C-])c(C)c2)cc1C. The fraction of sp³-hybridized carbons (Fsp3) is 0.176. The average Bonchev–Trinajstić information content (AvgIpc) is 2.45. The minimum atomic E-state index is 0.589. The van der Waals surface area contributed by atoms with Gasteiger partial charge in [-0.3, -0.25) is 0 Å². The van der Waals surface area contributed by atoms with Gasteiger partial charge in [-0.15, -0.1) is 0 Å². The quantitative estimate of drug-likeness (QED) is 0.615. The number of hydrogen-bond acceptors (Lipinski definition) is 2. The molecule has 2 rings (SSSR count). The van der Waals surface area contributed by atoms with Gasteiger partial charge in [0.2, 0.25) is 11.5 Å². The van der Waals surface area contributed by atoms with Crippen LogP contribution in [0.4, 0.5) is 0 Å². The summed E-state index contributed by atoms with van der Waals surface area (Å²) in [5, 5.41) is 5.86. The summed E-state index contributed by atoms with van der Waals surface area (Å²) in [6.45, 7) is 17.3. The molecule has 0 aliphatic carbocycles. The summed E-state index contributed by atoms with van der Waals surface area (Å²) in [5.74, 6) is 1.18. The molecule has 21 heavy (non-hydrogen) atoms. The van der Waals surface area contributed by atoms with Crippen molar-refractivity contribution < 1.29 is 9.68 Å². The number of benzene rings is 2. The Morgan fingerprint density at radius 3 is 1.57 bits per heavy atom. The number of aryl methyl sites for hydroxylation is 2. The molecule has 0 atom stereocenters. The molecule has 4 nitrogen and oxygen atoms in total. The molecule has 2 aromatic rings. The van der Waals surface area contributed by atoms with Gasteiger partial charge in [-0.05, 0) is 53.5 Å². The van der Waals surface area contributed by atoms with Gasteiger partial charge in [0, 0.05) is 11.1 Å². The van der Waals surface area contributed by atoms with E-state index in [1.807, 2.05) is 50.2 Å². The van der Waals surface area contributed by atoms with Gasteiger partial charge >= 0.3 is 0 Å². The molecule has 2 aromatic carbocycles. The van der Waals surface area contributed by atoms with Crippen LogP contribution in [0, 0.1) is 27.0 Å². The van der Waals surface area contributed by atoms with Gasteiger partial charge in [-0.25, -0.2) is 0 Å². The molecule has 0 radical (unpaired) electrons. The van der Waals surface area contributed by atoms with Crippen LogP contribution in [-0.4, -0.2) is 0 Å². The maximum Gasteiger partial charge on any atom is 0.222 e. The Morgan fingerprint density at radius 1 is 0.810 bits per heavy atom. The molecule has 0 aromatic heterocycles. The maximum absolute atomic E-state index is 6.72. The van der Waals surface area contributed by atoms with Crippen LogP contribution in [0.15, 0.2) is 36.4 Å². The van der Waals surface area contributed by atoms with Crippen molar-refractivity contribution in [1.29, 1.82) is 0 Å². The molecule has 4 heteroatoms. The van der Waals surface area contributed by atoms with Crippen LogP contribution in [0.3, 0.4) is 0 Å². The van der Waals surface area contributed by atoms with Crippen molar-refractivity contribution in [1.82, 2.24) is 0 Å². The third-order valence-corrected chi connectivity index (χ3v) is 3.17. The molecule has 0 aliphatic heterocycles. The standard InChI is InChI=1S/C17H14N2O2/c1-12-9-14(5-7-16(12)20-18-3)11-15-6-8-17(21-19-4)13(2)10-15/h5-10H,11H2,1-2H3. The van der Waals surface area contributed by atoms with Crippen molar-refractivity contribution in [3.05, 3.63) is 81.8 Å². The van der Waals surface area contributed by atoms with Crippen molar-refractivity contribution in [2.75, 3.05) is 0 Å². The summed E-state index contributed by atoms with van der Waals surface area (Å²) < 4.78 is 0. The van der Waals surface area contributed by atoms with Gasteiger partial charge in [0.05, 0.1) is 0 Å². The molecule has 0 amide bonds. The second-order valence-electron chi connectivity index (χ2n) is 4.74. The zero-order valence-corrected chi connectivity index (χ0v) is 11.9. The van der Waals surface area contributed by atoms with E-state index in [0.717, 1.165) is 28.7 Å². The number of hydrogen-bond donors (Lipinski definition) is 0. The lowest BCUT2D eigenvalue weighted by molar-refractivity contribution is 0.468. The van der Waals surface area contributed by atoms with Gasteiger partial charge in [0.25, 0.3) is 0 Å². The van der Waals surface area contributed by atoms with Gasteiger partial charge in [-0.1, -0.05) is 24.3 Å². The largest absolute Gasteiger partial charge is 0.222 e. The Bertz CT molecular complexity index is 676. The van der Waals surface area contributed by atoms with Gasteiger partial charge in [0.1, 0.15) is 0 Å². The van der Waals surface area contributed by atoms with Crippen LogP contribution in [0.2, 0.25) is 0 Å². The third-order valence-electron chi connectivity index (χ3n) is 3.17. The van der Waals surface area contributed by atoms with E-state index in [9.17, 15) is 0 Å². The van der Waals surface area contributed by atoms with E-state index in [0.29, 0.717) is 11.5 Å². The van der Waals surface area contributed by atoms with Gasteiger partial charge in [-0.2, -0.15) is 22.8 Å². The lowest BCUT2D eigenvalue weighted by Crippen LogP contribution is -1.93. The minimum Gasteiger partial charge on any atom is -0.157 e. The highest BCUT2D eigenvalue weighted by Gasteiger charge is 2.07. The van der Waals surface area contributed by atoms with Crippen LogP contribution in [-0.2, 0) is 6.42 Å². The highest BCUT2D eigenvalue weighted by Crippen LogP contribution is 2.24. The van der Waals surface area contributed by atoms with Crippen LogP contribution in [0.5, 0.6) is 11.5 Å². The van der Waals surface area contributed by atoms with E-state index < -0.39 is 0 Å². The molecule has 0 unspecified atom stereocenters. The first kappa shape index (κ1) is 14.4. The first-order valence-corrected chi connectivity index (χ1v) is 6.40. The van der Waals surface area contributed by atoms with E-state index in [2.05, 4.69) is 10.0 Å². The molecule has 0 bridgehead atoms. The third kappa shape index (κ3) is 3.52. The second-order valence-corrected chi connectivity index (χ2v) is 4.74. The van der Waals surface area contributed by atoms with Crippen molar-refractivity contribution in [2.24, 2.45) is 0 Å². The van der Waals surface area contributed by atoms with Crippen molar-refractivity contribution >= 4 is 0 Å². The fourth-order valence-corrected chi connectivity index (χ4v) is 2.18. The van der Waals surface area contributed by atoms with Crippen LogP contribution in [0.1, 0.15) is 22.3 Å². The summed E-state index contributed by atoms with van der Waals surface area (Å²) in [6, 6.07) is 11.6. The minimum absolute atomic E-state index is 0.589. The molecular weight excluding hydrogens is 264 g/mol. The molecule has 0 saturated heterocycles. The van der Waals surface area contributed by atoms with E-state index in [1.165, 1.54) is 0 Å². The Morgan fingerprint density at radius 2 is 1.24 bits per heavy atom. The smallest absolute Gasteiger partial charge is 0.157 e. The molecule has 0 spiro atoms. The molecular formula is C17H14N2O2. The summed E-state index contributed by atoms with van der Waals surface area (Å²) in [7, 11) is 0. The zero-order chi connectivity index (χ0) is 15.2. The van der Waals surface area contributed by atoms with Crippen LogP contribution >= 0.6 is 0 Å². The van der Waals surface area contributed by atoms with Crippen LogP contribution in [0.25, 0.3) is 10.0 Å². The van der Waals surface area contributed by atoms with Gasteiger partial charge < -0.3 is 0 Å². The highest BCUT2D eigenvalue weighted by molar-refractivity contribution is 5.41. The van der Waals surface area contributed by atoms with Crippen molar-refractivity contribution in [3.63, 3.8) is 0 Å². The fourth-order valence-electron chi connectivity index (χ4n) is 2.18. The van der Waals surface area contributed by atoms with Crippen LogP contribution < -0.4 is 9.68 Å². The molecule has 0 N–H and O–H groups in total. The predicted molar refractivity (Wildman–Crippen MR) is 79.6 cm³/mol. The predicted octanol–water partition coefficient (Wildman–Crippen LogP) is 4.32. The second kappa shape index (κ2) is 6.45. The van der Waals surface area contributed by atoms with Gasteiger partial charge in [0.15, 0.2) is 0 Å². The lowest BCUT2D eigenvalue weighted by Gasteiger charge is -2.06. The number of rotatable bonds is 4. The molecule has 104 valence electrons. The summed E-state index contributed by atoms with van der Waals surface area (Å²) in [6.07, 6.45) is 0.776.